The van der Waals surface area contributed by atoms with Crippen LogP contribution < -0.4 is 10.2 Å². The number of carbonyl (C=O) groups excluding carboxylic acids is 2. The van der Waals surface area contributed by atoms with Crippen LogP contribution in [-0.4, -0.2) is 28.8 Å². The number of hydrogen-bond acceptors (Lipinski definition) is 7. The molecule has 0 aliphatic rings. The highest BCUT2D eigenvalue weighted by Gasteiger charge is 2.10. The van der Waals surface area contributed by atoms with E-state index in [1.54, 1.807) is 24.3 Å². The van der Waals surface area contributed by atoms with Crippen LogP contribution in [0.1, 0.15) is 15.9 Å². The number of carbonyl (C=O) groups is 2. The van der Waals surface area contributed by atoms with Crippen molar-refractivity contribution in [2.45, 2.75) is 4.34 Å². The number of para-hydroxylation sites is 1. The van der Waals surface area contributed by atoms with Crippen LogP contribution in [0.15, 0.2) is 82.2 Å². The van der Waals surface area contributed by atoms with E-state index < -0.39 is 11.8 Å². The molecule has 0 saturated carbocycles. The smallest absolute Gasteiger partial charge is 0.343 e. The maximum Gasteiger partial charge on any atom is 0.343 e. The number of nitrogens with one attached hydrogen (secondary N) is 1. The van der Waals surface area contributed by atoms with Crippen LogP contribution in [-0.2, 0) is 4.79 Å². The Labute approximate surface area is 191 Å². The van der Waals surface area contributed by atoms with Crippen LogP contribution in [0.5, 0.6) is 5.75 Å². The van der Waals surface area contributed by atoms with E-state index in [0.29, 0.717) is 5.56 Å². The van der Waals surface area contributed by atoms with Gasteiger partial charge in [-0.3, -0.25) is 4.79 Å². The molecule has 32 heavy (non-hydrogen) atoms. The molecule has 4 rings (SSSR count). The molecule has 0 bridgehead atoms. The maximum absolute atomic E-state index is 13.3. The van der Waals surface area contributed by atoms with Crippen molar-refractivity contribution in [1.82, 2.24) is 10.4 Å². The van der Waals surface area contributed by atoms with Crippen molar-refractivity contribution in [2.75, 3.05) is 5.75 Å². The summed E-state index contributed by atoms with van der Waals surface area (Å²) in [6.45, 7) is 0. The molecule has 6 nitrogen and oxygen atoms in total. The molecule has 0 unspecified atom stereocenters. The van der Waals surface area contributed by atoms with Crippen LogP contribution >= 0.6 is 23.1 Å². The number of ether oxygens (including phenoxy) is 1. The van der Waals surface area contributed by atoms with E-state index in [9.17, 15) is 14.0 Å². The molecule has 0 radical (unpaired) electrons. The molecule has 0 spiro atoms. The predicted octanol–water partition coefficient (Wildman–Crippen LogP) is 4.90. The van der Waals surface area contributed by atoms with Gasteiger partial charge >= 0.3 is 5.97 Å². The molecular formula is C23H16FN3O3S2. The highest BCUT2D eigenvalue weighted by Crippen LogP contribution is 2.29. The van der Waals surface area contributed by atoms with Gasteiger partial charge in [-0.1, -0.05) is 42.1 Å². The average Bonchev–Trinajstić information content (AvgIpc) is 3.21. The third kappa shape index (κ3) is 5.77. The fourth-order valence-electron chi connectivity index (χ4n) is 2.69. The van der Waals surface area contributed by atoms with E-state index in [1.165, 1.54) is 47.5 Å². The minimum absolute atomic E-state index is 0.113. The van der Waals surface area contributed by atoms with Gasteiger partial charge < -0.3 is 4.74 Å². The van der Waals surface area contributed by atoms with Crippen molar-refractivity contribution < 1.29 is 18.7 Å². The van der Waals surface area contributed by atoms with Crippen molar-refractivity contribution in [3.63, 3.8) is 0 Å². The summed E-state index contributed by atoms with van der Waals surface area (Å²) in [6.07, 6.45) is 1.44. The van der Waals surface area contributed by atoms with E-state index in [0.717, 1.165) is 20.6 Å². The van der Waals surface area contributed by atoms with Crippen molar-refractivity contribution in [3.05, 3.63) is 89.7 Å². The maximum atomic E-state index is 13.3. The first-order valence-electron chi connectivity index (χ1n) is 9.45. The molecule has 3 aromatic carbocycles. The minimum atomic E-state index is -0.668. The number of halogens is 1. The number of thioether (sulfide) groups is 1. The van der Waals surface area contributed by atoms with Gasteiger partial charge in [0.15, 0.2) is 4.34 Å². The summed E-state index contributed by atoms with van der Waals surface area (Å²) in [5.74, 6) is -0.987. The van der Waals surface area contributed by atoms with E-state index >= 15 is 0 Å². The predicted molar refractivity (Wildman–Crippen MR) is 124 cm³/mol. The third-order valence-electron chi connectivity index (χ3n) is 4.13. The van der Waals surface area contributed by atoms with Crippen LogP contribution in [0.3, 0.4) is 0 Å². The molecule has 0 fully saturated rings. The lowest BCUT2D eigenvalue weighted by molar-refractivity contribution is -0.118. The fourth-order valence-corrected chi connectivity index (χ4v) is 4.55. The molecule has 1 N–H and O–H groups in total. The summed E-state index contributed by atoms with van der Waals surface area (Å²) in [5.41, 5.74) is 4.11. The zero-order valence-corrected chi connectivity index (χ0v) is 18.2. The Kier molecular flexibility index (Phi) is 6.88. The van der Waals surface area contributed by atoms with E-state index in [-0.39, 0.29) is 23.0 Å². The van der Waals surface area contributed by atoms with Crippen molar-refractivity contribution in [2.24, 2.45) is 5.10 Å². The van der Waals surface area contributed by atoms with Gasteiger partial charge in [-0.05, 0) is 48.0 Å². The third-order valence-corrected chi connectivity index (χ3v) is 6.31. The van der Waals surface area contributed by atoms with Gasteiger partial charge in [0.05, 0.1) is 27.7 Å². The Morgan fingerprint density at radius 1 is 1.09 bits per heavy atom. The second kappa shape index (κ2) is 10.2. The van der Waals surface area contributed by atoms with E-state index in [2.05, 4.69) is 15.5 Å². The zero-order chi connectivity index (χ0) is 22.3. The molecule has 9 heteroatoms. The Balaban J connectivity index is 1.29. The highest BCUT2D eigenvalue weighted by atomic mass is 32.2. The molecular weight excluding hydrogens is 449 g/mol. The largest absolute Gasteiger partial charge is 0.423 e. The number of fused-ring (bicyclic) bond motifs is 1. The number of amides is 1. The van der Waals surface area contributed by atoms with Crippen molar-refractivity contribution in [3.8, 4) is 5.75 Å². The van der Waals surface area contributed by atoms with E-state index in [1.807, 2.05) is 24.3 Å². The molecule has 1 amide bonds. The standard InChI is InChI=1S/C23H16FN3O3S2/c24-17-7-4-6-16(12-17)22(29)30-18-8-3-5-15(11-18)13-25-27-21(28)14-31-23-26-19-9-1-2-10-20(19)32-23/h1-13H,14H2,(H,27,28)/b25-13+. The number of hydrazone groups is 1. The monoisotopic (exact) mass is 465 g/mol. The second-order valence-electron chi connectivity index (χ2n) is 6.50. The topological polar surface area (TPSA) is 80.7 Å². The number of esters is 1. The Bertz CT molecular complexity index is 1270. The number of nitrogens with zero attached hydrogens (tertiary/aromatic N) is 2. The molecule has 4 aromatic rings. The fraction of sp³-hybridized carbons (Fsp3) is 0.0435. The molecule has 1 heterocycles. The molecule has 160 valence electrons. The minimum Gasteiger partial charge on any atom is -0.423 e. The lowest BCUT2D eigenvalue weighted by Gasteiger charge is -2.05. The molecule has 0 aliphatic carbocycles. The van der Waals surface area contributed by atoms with Gasteiger partial charge in [0, 0.05) is 0 Å². The normalized spacial score (nSPS) is 11.0. The van der Waals surface area contributed by atoms with Gasteiger partial charge in [-0.25, -0.2) is 19.6 Å². The molecule has 0 saturated heterocycles. The van der Waals surface area contributed by atoms with E-state index in [4.69, 9.17) is 4.74 Å². The number of thiazole rings is 1. The SMILES string of the molecule is O=C(CSc1nc2ccccc2s1)N/N=C/c1cccc(OC(=O)c2cccc(F)c2)c1. The first-order chi connectivity index (χ1) is 15.6. The quantitative estimate of drug-likeness (QED) is 0.138. The van der Waals surface area contributed by atoms with Crippen molar-refractivity contribution in [1.29, 1.82) is 0 Å². The summed E-state index contributed by atoms with van der Waals surface area (Å²) in [5, 5.41) is 3.94. The number of rotatable bonds is 7. The van der Waals surface area contributed by atoms with Crippen molar-refractivity contribution >= 4 is 51.4 Å². The van der Waals surface area contributed by atoms with Gasteiger partial charge in [0.2, 0.25) is 0 Å². The average molecular weight is 466 g/mol. The van der Waals surface area contributed by atoms with Crippen LogP contribution in [0.4, 0.5) is 4.39 Å². The highest BCUT2D eigenvalue weighted by molar-refractivity contribution is 8.01. The van der Waals surface area contributed by atoms with Crippen LogP contribution in [0.25, 0.3) is 10.2 Å². The lowest BCUT2D eigenvalue weighted by atomic mass is 10.2. The Hall–Kier alpha value is -3.56. The number of benzene rings is 3. The Morgan fingerprint density at radius 2 is 1.94 bits per heavy atom. The summed E-state index contributed by atoms with van der Waals surface area (Å²) in [7, 11) is 0. The lowest BCUT2D eigenvalue weighted by Crippen LogP contribution is -2.19. The van der Waals surface area contributed by atoms with Crippen LogP contribution in [0.2, 0.25) is 0 Å². The first kappa shape index (κ1) is 21.7. The van der Waals surface area contributed by atoms with Crippen LogP contribution in [0, 0.1) is 5.82 Å². The summed E-state index contributed by atoms with van der Waals surface area (Å²) >= 11 is 2.88. The first-order valence-corrected chi connectivity index (χ1v) is 11.2. The summed E-state index contributed by atoms with van der Waals surface area (Å²) in [4.78, 5) is 28.7. The summed E-state index contributed by atoms with van der Waals surface area (Å²) in [6, 6.07) is 19.7. The molecule has 0 atom stereocenters. The van der Waals surface area contributed by atoms with Gasteiger partial charge in [-0.2, -0.15) is 5.10 Å². The Morgan fingerprint density at radius 3 is 2.78 bits per heavy atom. The number of hydrogen-bond donors (Lipinski definition) is 1. The second-order valence-corrected chi connectivity index (χ2v) is 8.75. The summed E-state index contributed by atoms with van der Waals surface area (Å²) < 4.78 is 20.4. The van der Waals surface area contributed by atoms with Gasteiger partial charge in [-0.15, -0.1) is 11.3 Å². The van der Waals surface area contributed by atoms with Gasteiger partial charge in [0.25, 0.3) is 5.91 Å². The number of aromatic nitrogens is 1. The molecule has 1 aromatic heterocycles. The van der Waals surface area contributed by atoms with Gasteiger partial charge in [0.1, 0.15) is 11.6 Å². The molecule has 0 aliphatic heterocycles. The zero-order valence-electron chi connectivity index (χ0n) is 16.5.